The van der Waals surface area contributed by atoms with Crippen molar-refractivity contribution < 1.29 is 9.34 Å². The lowest BCUT2D eigenvalue weighted by Gasteiger charge is -2.27. The van der Waals surface area contributed by atoms with Crippen LogP contribution in [-0.4, -0.2) is 26.3 Å². The van der Waals surface area contributed by atoms with Crippen LogP contribution in [0.3, 0.4) is 0 Å². The molecule has 3 heterocycles. The largest absolute Gasteiger partial charge is 0.460 e. The Morgan fingerprint density at radius 2 is 2.14 bits per heavy atom. The maximum absolute atomic E-state index is 11.0. The van der Waals surface area contributed by atoms with Gasteiger partial charge in [0.1, 0.15) is 17.3 Å². The second kappa shape index (κ2) is 6.83. The van der Waals surface area contributed by atoms with E-state index in [1.807, 2.05) is 24.4 Å². The highest BCUT2D eigenvalue weighted by molar-refractivity contribution is 5.61. The molecule has 7 heteroatoms. The van der Waals surface area contributed by atoms with Crippen LogP contribution in [0.5, 0.6) is 0 Å². The average molecular weight is 376 g/mol. The molecule has 0 bridgehead atoms. The number of hydrogen-bond acceptors (Lipinski definition) is 6. The van der Waals surface area contributed by atoms with Crippen molar-refractivity contribution >= 4 is 5.69 Å². The SMILES string of the molecule is O=[N+]([O-])c1cccc(-c2ccc(CN3CCc4nc(C5CC5)ncc4C3)o2)c1. The van der Waals surface area contributed by atoms with E-state index < -0.39 is 4.92 Å². The van der Waals surface area contributed by atoms with E-state index in [2.05, 4.69) is 9.88 Å². The predicted molar refractivity (Wildman–Crippen MR) is 103 cm³/mol. The minimum atomic E-state index is -0.394. The van der Waals surface area contributed by atoms with Crippen molar-refractivity contribution in [1.29, 1.82) is 0 Å². The standard InChI is InChI=1S/C21H20N4O3/c26-25(27)17-3-1-2-15(10-17)20-7-6-18(28-20)13-24-9-8-19-16(12-24)11-22-21(23-19)14-4-5-14/h1-3,6-7,10-11,14H,4-5,8-9,12-13H2. The van der Waals surface area contributed by atoms with Crippen molar-refractivity contribution in [3.8, 4) is 11.3 Å². The Morgan fingerprint density at radius 1 is 1.25 bits per heavy atom. The van der Waals surface area contributed by atoms with Gasteiger partial charge in [0.25, 0.3) is 5.69 Å². The predicted octanol–water partition coefficient (Wildman–Crippen LogP) is 4.08. The molecule has 0 N–H and O–H groups in total. The van der Waals surface area contributed by atoms with Gasteiger partial charge in [0.2, 0.25) is 0 Å². The molecule has 0 spiro atoms. The summed E-state index contributed by atoms with van der Waals surface area (Å²) in [6, 6.07) is 10.3. The first kappa shape index (κ1) is 17.1. The first-order valence-electron chi connectivity index (χ1n) is 9.56. The summed E-state index contributed by atoms with van der Waals surface area (Å²) in [5.74, 6) is 3.09. The van der Waals surface area contributed by atoms with Crippen LogP contribution in [0.15, 0.2) is 47.0 Å². The van der Waals surface area contributed by atoms with Gasteiger partial charge >= 0.3 is 0 Å². The molecule has 2 aliphatic rings. The van der Waals surface area contributed by atoms with E-state index in [0.29, 0.717) is 23.8 Å². The van der Waals surface area contributed by atoms with Gasteiger partial charge in [-0.15, -0.1) is 0 Å². The number of non-ortho nitro benzene ring substituents is 1. The van der Waals surface area contributed by atoms with Gasteiger partial charge in [0.05, 0.1) is 11.5 Å². The molecular formula is C21H20N4O3. The van der Waals surface area contributed by atoms with Crippen molar-refractivity contribution in [2.24, 2.45) is 0 Å². The van der Waals surface area contributed by atoms with Crippen LogP contribution < -0.4 is 0 Å². The molecule has 1 aromatic carbocycles. The number of hydrogen-bond donors (Lipinski definition) is 0. The number of furan rings is 1. The number of nitrogens with zero attached hydrogens (tertiary/aromatic N) is 4. The molecule has 28 heavy (non-hydrogen) atoms. The van der Waals surface area contributed by atoms with E-state index in [9.17, 15) is 10.1 Å². The maximum Gasteiger partial charge on any atom is 0.270 e. The third-order valence-corrected chi connectivity index (χ3v) is 5.36. The van der Waals surface area contributed by atoms with Gasteiger partial charge in [-0.05, 0) is 25.0 Å². The molecule has 1 aliphatic heterocycles. The normalized spacial score (nSPS) is 16.7. The van der Waals surface area contributed by atoms with E-state index in [1.54, 1.807) is 6.07 Å². The fourth-order valence-corrected chi connectivity index (χ4v) is 3.67. The first-order chi connectivity index (χ1) is 13.7. The molecule has 0 amide bonds. The van der Waals surface area contributed by atoms with Gasteiger partial charge in [0, 0.05) is 60.6 Å². The molecule has 0 unspecified atom stereocenters. The lowest BCUT2D eigenvalue weighted by Crippen LogP contribution is -2.31. The molecule has 5 rings (SSSR count). The van der Waals surface area contributed by atoms with E-state index in [-0.39, 0.29) is 5.69 Å². The molecular weight excluding hydrogens is 356 g/mol. The Bertz CT molecular complexity index is 1040. The highest BCUT2D eigenvalue weighted by Gasteiger charge is 2.28. The number of fused-ring (bicyclic) bond motifs is 1. The Kier molecular flexibility index (Phi) is 4.16. The van der Waals surface area contributed by atoms with Crippen LogP contribution in [-0.2, 0) is 19.5 Å². The molecule has 1 aliphatic carbocycles. The second-order valence-electron chi connectivity index (χ2n) is 7.51. The van der Waals surface area contributed by atoms with E-state index in [4.69, 9.17) is 9.40 Å². The third kappa shape index (κ3) is 3.41. The number of aromatic nitrogens is 2. The molecule has 142 valence electrons. The molecule has 0 atom stereocenters. The van der Waals surface area contributed by atoms with E-state index in [0.717, 1.165) is 31.1 Å². The molecule has 0 radical (unpaired) electrons. The second-order valence-corrected chi connectivity index (χ2v) is 7.51. The lowest BCUT2D eigenvalue weighted by molar-refractivity contribution is -0.384. The van der Waals surface area contributed by atoms with Crippen molar-refractivity contribution in [2.45, 2.75) is 38.3 Å². The zero-order chi connectivity index (χ0) is 19.1. The molecule has 0 saturated heterocycles. The highest BCUT2D eigenvalue weighted by atomic mass is 16.6. The third-order valence-electron chi connectivity index (χ3n) is 5.36. The molecule has 2 aromatic heterocycles. The van der Waals surface area contributed by atoms with Crippen LogP contribution in [0.1, 0.15) is 41.6 Å². The topological polar surface area (TPSA) is 85.3 Å². The summed E-state index contributed by atoms with van der Waals surface area (Å²) in [4.78, 5) is 22.2. The highest BCUT2D eigenvalue weighted by Crippen LogP contribution is 2.38. The van der Waals surface area contributed by atoms with Crippen LogP contribution in [0.2, 0.25) is 0 Å². The summed E-state index contributed by atoms with van der Waals surface area (Å²) in [5.41, 5.74) is 3.16. The van der Waals surface area contributed by atoms with Gasteiger partial charge in [-0.25, -0.2) is 9.97 Å². The molecule has 1 fully saturated rings. The van der Waals surface area contributed by atoms with Crippen molar-refractivity contribution in [1.82, 2.24) is 14.9 Å². The molecule has 1 saturated carbocycles. The summed E-state index contributed by atoms with van der Waals surface area (Å²) in [5, 5.41) is 11.0. The van der Waals surface area contributed by atoms with Gasteiger partial charge < -0.3 is 4.42 Å². The Balaban J connectivity index is 1.28. The molecule has 3 aromatic rings. The van der Waals surface area contributed by atoms with Crippen molar-refractivity contribution in [2.75, 3.05) is 6.54 Å². The zero-order valence-electron chi connectivity index (χ0n) is 15.4. The van der Waals surface area contributed by atoms with Gasteiger partial charge in [0.15, 0.2) is 0 Å². The lowest BCUT2D eigenvalue weighted by atomic mass is 10.1. The van der Waals surface area contributed by atoms with Gasteiger partial charge in [-0.2, -0.15) is 0 Å². The van der Waals surface area contributed by atoms with E-state index in [1.165, 1.54) is 36.2 Å². The Hall–Kier alpha value is -3.06. The van der Waals surface area contributed by atoms with E-state index >= 15 is 0 Å². The molecule has 7 nitrogen and oxygen atoms in total. The average Bonchev–Trinajstić information content (AvgIpc) is 3.47. The van der Waals surface area contributed by atoms with Crippen LogP contribution in [0, 0.1) is 10.1 Å². The van der Waals surface area contributed by atoms with Crippen LogP contribution >= 0.6 is 0 Å². The quantitative estimate of drug-likeness (QED) is 0.493. The number of rotatable bonds is 5. The van der Waals surface area contributed by atoms with Gasteiger partial charge in [-0.1, -0.05) is 12.1 Å². The van der Waals surface area contributed by atoms with Crippen LogP contribution in [0.25, 0.3) is 11.3 Å². The summed E-state index contributed by atoms with van der Waals surface area (Å²) < 4.78 is 5.96. The van der Waals surface area contributed by atoms with Crippen molar-refractivity contribution in [3.63, 3.8) is 0 Å². The smallest absolute Gasteiger partial charge is 0.270 e. The fourth-order valence-electron chi connectivity index (χ4n) is 3.67. The Morgan fingerprint density at radius 3 is 2.96 bits per heavy atom. The minimum absolute atomic E-state index is 0.0636. The monoisotopic (exact) mass is 376 g/mol. The summed E-state index contributed by atoms with van der Waals surface area (Å²) in [6.45, 7) is 2.44. The summed E-state index contributed by atoms with van der Waals surface area (Å²) in [6.07, 6.45) is 5.35. The Labute approximate surface area is 162 Å². The summed E-state index contributed by atoms with van der Waals surface area (Å²) >= 11 is 0. The minimum Gasteiger partial charge on any atom is -0.460 e. The number of nitro groups is 1. The van der Waals surface area contributed by atoms with Gasteiger partial charge in [-0.3, -0.25) is 15.0 Å². The number of nitro benzene ring substituents is 1. The first-order valence-corrected chi connectivity index (χ1v) is 9.56. The van der Waals surface area contributed by atoms with Crippen molar-refractivity contribution in [3.05, 3.63) is 75.6 Å². The fraction of sp³-hybridized carbons (Fsp3) is 0.333. The summed E-state index contributed by atoms with van der Waals surface area (Å²) in [7, 11) is 0. The number of benzene rings is 1. The maximum atomic E-state index is 11.0. The zero-order valence-corrected chi connectivity index (χ0v) is 15.4. The van der Waals surface area contributed by atoms with Crippen LogP contribution in [0.4, 0.5) is 5.69 Å².